The largest absolute Gasteiger partial charge is 0.487 e. The van der Waals surface area contributed by atoms with Gasteiger partial charge in [0.15, 0.2) is 0 Å². The Balaban J connectivity index is 1.67. The number of ether oxygens (including phenoxy) is 1. The van der Waals surface area contributed by atoms with Gasteiger partial charge in [-0.1, -0.05) is 73.4 Å². The van der Waals surface area contributed by atoms with Crippen molar-refractivity contribution in [1.29, 1.82) is 0 Å². The van der Waals surface area contributed by atoms with Crippen LogP contribution in [0.5, 0.6) is 5.75 Å². The Morgan fingerprint density at radius 2 is 1.61 bits per heavy atom. The van der Waals surface area contributed by atoms with Crippen LogP contribution in [-0.4, -0.2) is 26.5 Å². The number of rotatable bonds is 8. The van der Waals surface area contributed by atoms with Crippen molar-refractivity contribution in [3.63, 3.8) is 0 Å². The zero-order valence-electron chi connectivity index (χ0n) is 20.1. The minimum atomic E-state index is -4.09. The molecule has 4 rings (SSSR count). The molecule has 0 unspecified atom stereocenters. The molecule has 0 aromatic heterocycles. The van der Waals surface area contributed by atoms with E-state index < -0.39 is 28.1 Å². The Morgan fingerprint density at radius 3 is 2.25 bits per heavy atom. The first-order valence-electron chi connectivity index (χ1n) is 11.8. The van der Waals surface area contributed by atoms with Crippen molar-refractivity contribution in [2.75, 3.05) is 10.8 Å². The standard InChI is InChI=1S/C27H28Cl2N2O4S/c1-3-27(4-2)17-24(23-12-8-9-13-25(23)35-27)30-26(32)18-31(21-15-19(28)14-20(29)16-21)36(33,34)22-10-6-5-7-11-22/h5-16,24H,3-4,17-18H2,1-2H3,(H,30,32)/t24-/m1/s1. The third kappa shape index (κ3) is 5.48. The fourth-order valence-electron chi connectivity index (χ4n) is 4.52. The molecule has 0 aliphatic carbocycles. The predicted octanol–water partition coefficient (Wildman–Crippen LogP) is 6.39. The van der Waals surface area contributed by atoms with Gasteiger partial charge in [0, 0.05) is 22.0 Å². The summed E-state index contributed by atoms with van der Waals surface area (Å²) in [5, 5.41) is 3.59. The van der Waals surface area contributed by atoms with E-state index in [0.717, 1.165) is 28.5 Å². The van der Waals surface area contributed by atoms with E-state index in [1.54, 1.807) is 18.2 Å². The highest BCUT2D eigenvalue weighted by molar-refractivity contribution is 7.92. The zero-order valence-corrected chi connectivity index (χ0v) is 22.4. The van der Waals surface area contributed by atoms with Crippen molar-refractivity contribution < 1.29 is 17.9 Å². The lowest BCUT2D eigenvalue weighted by Gasteiger charge is -2.41. The first-order valence-corrected chi connectivity index (χ1v) is 14.0. The van der Waals surface area contributed by atoms with Crippen molar-refractivity contribution in [3.05, 3.63) is 88.4 Å². The average Bonchev–Trinajstić information content (AvgIpc) is 2.87. The number of hydrogen-bond donors (Lipinski definition) is 1. The van der Waals surface area contributed by atoms with Crippen molar-refractivity contribution in [2.24, 2.45) is 0 Å². The number of nitrogens with one attached hydrogen (secondary N) is 1. The summed E-state index contributed by atoms with van der Waals surface area (Å²) in [6, 6.07) is 19.7. The number of fused-ring (bicyclic) bond motifs is 1. The molecule has 36 heavy (non-hydrogen) atoms. The van der Waals surface area contributed by atoms with Gasteiger partial charge in [0.1, 0.15) is 17.9 Å². The van der Waals surface area contributed by atoms with E-state index in [9.17, 15) is 13.2 Å². The third-order valence-electron chi connectivity index (χ3n) is 6.57. The fraction of sp³-hybridized carbons (Fsp3) is 0.296. The van der Waals surface area contributed by atoms with Gasteiger partial charge >= 0.3 is 0 Å². The molecule has 0 fully saturated rings. The van der Waals surface area contributed by atoms with Crippen LogP contribution in [-0.2, 0) is 14.8 Å². The molecule has 0 spiro atoms. The lowest BCUT2D eigenvalue weighted by atomic mass is 9.83. The first kappa shape index (κ1) is 26.3. The Bertz CT molecular complexity index is 1320. The first-order chi connectivity index (χ1) is 17.2. The second-order valence-electron chi connectivity index (χ2n) is 8.81. The number of carbonyl (C=O) groups excluding carboxylic acids is 1. The molecule has 0 saturated carbocycles. The molecule has 6 nitrogen and oxygen atoms in total. The Labute approximate surface area is 222 Å². The van der Waals surface area contributed by atoms with Gasteiger partial charge in [-0.25, -0.2) is 8.42 Å². The number of sulfonamides is 1. The second-order valence-corrected chi connectivity index (χ2v) is 11.5. The number of nitrogens with zero attached hydrogens (tertiary/aromatic N) is 1. The molecule has 0 saturated heterocycles. The number of carbonyl (C=O) groups is 1. The van der Waals surface area contributed by atoms with Crippen molar-refractivity contribution in [2.45, 2.75) is 49.6 Å². The highest BCUT2D eigenvalue weighted by atomic mass is 35.5. The number of para-hydroxylation sites is 1. The molecule has 1 amide bonds. The molecule has 1 aliphatic rings. The Kier molecular flexibility index (Phi) is 7.83. The molecule has 3 aromatic carbocycles. The topological polar surface area (TPSA) is 75.7 Å². The smallest absolute Gasteiger partial charge is 0.264 e. The van der Waals surface area contributed by atoms with Crippen LogP contribution in [0.15, 0.2) is 77.7 Å². The van der Waals surface area contributed by atoms with Gasteiger partial charge in [-0.2, -0.15) is 0 Å². The summed E-state index contributed by atoms with van der Waals surface area (Å²) >= 11 is 12.4. The van der Waals surface area contributed by atoms with Crippen LogP contribution in [0.2, 0.25) is 10.0 Å². The summed E-state index contributed by atoms with van der Waals surface area (Å²) in [5.74, 6) is 0.279. The van der Waals surface area contributed by atoms with Crippen LogP contribution in [0.4, 0.5) is 5.69 Å². The molecular weight excluding hydrogens is 519 g/mol. The SMILES string of the molecule is CCC1(CC)C[C@@H](NC(=O)CN(c2cc(Cl)cc(Cl)c2)S(=O)(=O)c2ccccc2)c2ccccc2O1. The minimum Gasteiger partial charge on any atom is -0.487 e. The van der Waals surface area contributed by atoms with Crippen LogP contribution < -0.4 is 14.4 Å². The van der Waals surface area contributed by atoms with Gasteiger partial charge in [-0.3, -0.25) is 9.10 Å². The van der Waals surface area contributed by atoms with Crippen LogP contribution in [0.1, 0.15) is 44.7 Å². The summed E-state index contributed by atoms with van der Waals surface area (Å²) in [5.41, 5.74) is 0.657. The van der Waals surface area contributed by atoms with Gasteiger partial charge in [-0.15, -0.1) is 0 Å². The van der Waals surface area contributed by atoms with Crippen molar-refractivity contribution in [3.8, 4) is 5.75 Å². The summed E-state index contributed by atoms with van der Waals surface area (Å²) in [4.78, 5) is 13.5. The molecular formula is C27H28Cl2N2O4S. The second kappa shape index (κ2) is 10.7. The highest BCUT2D eigenvalue weighted by Gasteiger charge is 2.39. The molecule has 0 radical (unpaired) electrons. The van der Waals surface area contributed by atoms with Crippen molar-refractivity contribution in [1.82, 2.24) is 5.32 Å². The number of hydrogen-bond acceptors (Lipinski definition) is 4. The highest BCUT2D eigenvalue weighted by Crippen LogP contribution is 2.42. The van der Waals surface area contributed by atoms with Crippen LogP contribution >= 0.6 is 23.2 Å². The average molecular weight is 548 g/mol. The number of amides is 1. The lowest BCUT2D eigenvalue weighted by molar-refractivity contribution is -0.121. The quantitative estimate of drug-likeness (QED) is 0.355. The normalized spacial score (nSPS) is 16.5. The monoisotopic (exact) mass is 546 g/mol. The number of halogens is 2. The number of benzene rings is 3. The van der Waals surface area contributed by atoms with Gasteiger partial charge in [0.2, 0.25) is 5.91 Å². The Morgan fingerprint density at radius 1 is 1.00 bits per heavy atom. The molecule has 1 heterocycles. The summed E-state index contributed by atoms with van der Waals surface area (Å²) in [7, 11) is -4.09. The van der Waals surface area contributed by atoms with E-state index in [4.69, 9.17) is 27.9 Å². The summed E-state index contributed by atoms with van der Waals surface area (Å²) < 4.78 is 34.6. The zero-order chi connectivity index (χ0) is 25.9. The molecule has 0 bridgehead atoms. The maximum Gasteiger partial charge on any atom is 0.264 e. The van der Waals surface area contributed by atoms with E-state index in [1.807, 2.05) is 24.3 Å². The fourth-order valence-corrected chi connectivity index (χ4v) is 6.46. The number of anilines is 1. The maximum atomic E-state index is 13.6. The van der Waals surface area contributed by atoms with E-state index in [0.29, 0.717) is 6.42 Å². The predicted molar refractivity (Wildman–Crippen MR) is 143 cm³/mol. The van der Waals surface area contributed by atoms with Gasteiger partial charge in [0.05, 0.1) is 16.6 Å². The van der Waals surface area contributed by atoms with Gasteiger partial charge < -0.3 is 10.1 Å². The molecule has 1 N–H and O–H groups in total. The maximum absolute atomic E-state index is 13.6. The van der Waals surface area contributed by atoms with Crippen molar-refractivity contribution >= 4 is 44.8 Å². The molecule has 9 heteroatoms. The van der Waals surface area contributed by atoms with E-state index >= 15 is 0 Å². The van der Waals surface area contributed by atoms with E-state index in [-0.39, 0.29) is 26.7 Å². The summed E-state index contributed by atoms with van der Waals surface area (Å²) in [6.07, 6.45) is 2.14. The summed E-state index contributed by atoms with van der Waals surface area (Å²) in [6.45, 7) is 3.68. The molecule has 1 aliphatic heterocycles. The van der Waals surface area contributed by atoms with Crippen LogP contribution in [0, 0.1) is 0 Å². The van der Waals surface area contributed by atoms with Gasteiger partial charge in [-0.05, 0) is 49.2 Å². The van der Waals surface area contributed by atoms with Crippen LogP contribution in [0.3, 0.4) is 0 Å². The molecule has 1 atom stereocenters. The third-order valence-corrected chi connectivity index (χ3v) is 8.80. The molecule has 3 aromatic rings. The Hall–Kier alpha value is -2.74. The minimum absolute atomic E-state index is 0.0568. The van der Waals surface area contributed by atoms with Gasteiger partial charge in [0.25, 0.3) is 10.0 Å². The molecule has 190 valence electrons. The lowest BCUT2D eigenvalue weighted by Crippen LogP contribution is -2.47. The van der Waals surface area contributed by atoms with E-state index in [2.05, 4.69) is 19.2 Å². The van der Waals surface area contributed by atoms with Crippen LogP contribution in [0.25, 0.3) is 0 Å². The van der Waals surface area contributed by atoms with E-state index in [1.165, 1.54) is 30.3 Å².